The second kappa shape index (κ2) is 8.39. The fourth-order valence-corrected chi connectivity index (χ4v) is 3.15. The van der Waals surface area contributed by atoms with Gasteiger partial charge in [-0.1, -0.05) is 27.7 Å². The van der Waals surface area contributed by atoms with E-state index in [1.807, 2.05) is 11.8 Å². The molecule has 0 aliphatic carbocycles. The van der Waals surface area contributed by atoms with E-state index in [2.05, 4.69) is 58.3 Å². The van der Waals surface area contributed by atoms with E-state index in [4.69, 9.17) is 0 Å². The van der Waals surface area contributed by atoms with Crippen molar-refractivity contribution in [2.75, 3.05) is 32.6 Å². The minimum absolute atomic E-state index is 0.344. The van der Waals surface area contributed by atoms with Crippen LogP contribution in [-0.2, 0) is 0 Å². The maximum atomic E-state index is 3.45. The monoisotopic (exact) mass is 260 g/mol. The second-order valence-corrected chi connectivity index (χ2v) is 6.90. The molecule has 0 saturated carbocycles. The zero-order valence-electron chi connectivity index (χ0n) is 12.8. The SMILES string of the molecule is CCC(CSC)N(C)CCC(NC)C(C)(C)C. The zero-order chi connectivity index (χ0) is 13.5. The van der Waals surface area contributed by atoms with Gasteiger partial charge >= 0.3 is 0 Å². The summed E-state index contributed by atoms with van der Waals surface area (Å²) in [4.78, 5) is 2.52. The number of nitrogens with zero attached hydrogens (tertiary/aromatic N) is 1. The van der Waals surface area contributed by atoms with Crippen LogP contribution in [0.1, 0.15) is 40.5 Å². The molecule has 0 rings (SSSR count). The van der Waals surface area contributed by atoms with Crippen LogP contribution in [0.4, 0.5) is 0 Å². The molecule has 2 nitrogen and oxygen atoms in total. The van der Waals surface area contributed by atoms with Crippen molar-refractivity contribution in [3.8, 4) is 0 Å². The first-order valence-electron chi connectivity index (χ1n) is 6.73. The lowest BCUT2D eigenvalue weighted by Crippen LogP contribution is -2.42. The normalized spacial score (nSPS) is 16.2. The number of hydrogen-bond donors (Lipinski definition) is 1. The third-order valence-corrected chi connectivity index (χ3v) is 4.34. The number of nitrogens with one attached hydrogen (secondary N) is 1. The van der Waals surface area contributed by atoms with Crippen LogP contribution in [0.25, 0.3) is 0 Å². The van der Waals surface area contributed by atoms with Crippen LogP contribution in [0, 0.1) is 5.41 Å². The molecule has 0 aliphatic heterocycles. The van der Waals surface area contributed by atoms with Gasteiger partial charge in [-0.3, -0.25) is 0 Å². The predicted molar refractivity (Wildman–Crippen MR) is 82.0 cm³/mol. The summed E-state index contributed by atoms with van der Waals surface area (Å²) < 4.78 is 0. The van der Waals surface area contributed by atoms with E-state index in [1.165, 1.54) is 25.1 Å². The molecule has 0 bridgehead atoms. The van der Waals surface area contributed by atoms with Crippen molar-refractivity contribution in [1.29, 1.82) is 0 Å². The maximum absolute atomic E-state index is 3.45. The highest BCUT2D eigenvalue weighted by atomic mass is 32.2. The van der Waals surface area contributed by atoms with Crippen molar-refractivity contribution in [1.82, 2.24) is 10.2 Å². The molecule has 17 heavy (non-hydrogen) atoms. The van der Waals surface area contributed by atoms with E-state index in [9.17, 15) is 0 Å². The van der Waals surface area contributed by atoms with E-state index in [0.29, 0.717) is 11.5 Å². The Bertz CT molecular complexity index is 189. The number of rotatable bonds is 8. The first-order chi connectivity index (χ1) is 7.86. The molecule has 104 valence electrons. The average Bonchev–Trinajstić information content (AvgIpc) is 2.24. The van der Waals surface area contributed by atoms with Gasteiger partial charge in [0.1, 0.15) is 0 Å². The summed E-state index contributed by atoms with van der Waals surface area (Å²) in [6.45, 7) is 10.4. The van der Waals surface area contributed by atoms with Crippen molar-refractivity contribution in [2.24, 2.45) is 5.41 Å². The molecule has 0 aliphatic rings. The molecular weight excluding hydrogens is 228 g/mol. The van der Waals surface area contributed by atoms with E-state index < -0.39 is 0 Å². The fraction of sp³-hybridized carbons (Fsp3) is 1.00. The lowest BCUT2D eigenvalue weighted by Gasteiger charge is -2.34. The Balaban J connectivity index is 4.15. The second-order valence-electron chi connectivity index (χ2n) is 5.99. The standard InChI is InChI=1S/C14H32N2S/c1-8-12(11-17-7)16(6)10-9-13(15-5)14(2,3)4/h12-13,15H,8-11H2,1-7H3. The van der Waals surface area contributed by atoms with Crippen LogP contribution in [0.2, 0.25) is 0 Å². The summed E-state index contributed by atoms with van der Waals surface area (Å²) in [5.41, 5.74) is 0.344. The lowest BCUT2D eigenvalue weighted by molar-refractivity contribution is 0.202. The topological polar surface area (TPSA) is 15.3 Å². The molecule has 0 fully saturated rings. The molecule has 0 aromatic carbocycles. The molecule has 0 amide bonds. The first-order valence-corrected chi connectivity index (χ1v) is 8.12. The van der Waals surface area contributed by atoms with Crippen LogP contribution in [0.15, 0.2) is 0 Å². The smallest absolute Gasteiger partial charge is 0.0180 e. The van der Waals surface area contributed by atoms with Crippen LogP contribution in [0.5, 0.6) is 0 Å². The summed E-state index contributed by atoms with van der Waals surface area (Å²) in [5, 5.41) is 3.45. The number of hydrogen-bond acceptors (Lipinski definition) is 3. The Morgan fingerprint density at radius 3 is 2.24 bits per heavy atom. The van der Waals surface area contributed by atoms with Crippen molar-refractivity contribution >= 4 is 11.8 Å². The van der Waals surface area contributed by atoms with Gasteiger partial charge in [-0.25, -0.2) is 0 Å². The molecular formula is C14H32N2S. The summed E-state index contributed by atoms with van der Waals surface area (Å²) >= 11 is 1.95. The summed E-state index contributed by atoms with van der Waals surface area (Å²) in [6.07, 6.45) is 4.67. The molecule has 0 saturated heterocycles. The van der Waals surface area contributed by atoms with Gasteiger partial charge in [0, 0.05) is 17.8 Å². The van der Waals surface area contributed by atoms with E-state index in [-0.39, 0.29) is 0 Å². The van der Waals surface area contributed by atoms with Crippen molar-refractivity contribution in [2.45, 2.75) is 52.6 Å². The van der Waals surface area contributed by atoms with Gasteiger partial charge in [0.25, 0.3) is 0 Å². The fourth-order valence-electron chi connectivity index (χ4n) is 2.27. The minimum atomic E-state index is 0.344. The molecule has 0 spiro atoms. The molecule has 3 heteroatoms. The maximum Gasteiger partial charge on any atom is 0.0180 e. The van der Waals surface area contributed by atoms with Crippen LogP contribution in [-0.4, -0.2) is 49.6 Å². The summed E-state index contributed by atoms with van der Waals surface area (Å²) in [6, 6.07) is 1.32. The summed E-state index contributed by atoms with van der Waals surface area (Å²) in [5.74, 6) is 1.24. The molecule has 1 N–H and O–H groups in total. The third-order valence-electron chi connectivity index (χ3n) is 3.62. The van der Waals surface area contributed by atoms with Gasteiger partial charge in [0.05, 0.1) is 0 Å². The third kappa shape index (κ3) is 6.68. The molecule has 2 atom stereocenters. The zero-order valence-corrected chi connectivity index (χ0v) is 13.7. The van der Waals surface area contributed by atoms with Gasteiger partial charge in [-0.05, 0) is 45.2 Å². The van der Waals surface area contributed by atoms with E-state index in [1.54, 1.807) is 0 Å². The molecule has 0 radical (unpaired) electrons. The molecule has 0 aromatic heterocycles. The lowest BCUT2D eigenvalue weighted by atomic mass is 9.85. The highest BCUT2D eigenvalue weighted by Gasteiger charge is 2.23. The molecule has 0 heterocycles. The highest BCUT2D eigenvalue weighted by molar-refractivity contribution is 7.98. The van der Waals surface area contributed by atoms with E-state index in [0.717, 1.165) is 6.04 Å². The van der Waals surface area contributed by atoms with Gasteiger partial charge in [-0.2, -0.15) is 11.8 Å². The largest absolute Gasteiger partial charge is 0.316 e. The van der Waals surface area contributed by atoms with Crippen LogP contribution >= 0.6 is 11.8 Å². The Morgan fingerprint density at radius 2 is 1.88 bits per heavy atom. The Kier molecular flexibility index (Phi) is 8.52. The average molecular weight is 260 g/mol. The van der Waals surface area contributed by atoms with Crippen LogP contribution < -0.4 is 5.32 Å². The molecule has 0 aromatic rings. The van der Waals surface area contributed by atoms with Crippen molar-refractivity contribution < 1.29 is 0 Å². The minimum Gasteiger partial charge on any atom is -0.316 e. The summed E-state index contributed by atoms with van der Waals surface area (Å²) in [7, 11) is 4.34. The van der Waals surface area contributed by atoms with Crippen molar-refractivity contribution in [3.63, 3.8) is 0 Å². The Morgan fingerprint density at radius 1 is 1.29 bits per heavy atom. The van der Waals surface area contributed by atoms with Gasteiger partial charge in [0.15, 0.2) is 0 Å². The first kappa shape index (κ1) is 17.3. The quantitative estimate of drug-likeness (QED) is 0.722. The Hall–Kier alpha value is 0.270. The van der Waals surface area contributed by atoms with Gasteiger partial charge < -0.3 is 10.2 Å². The Labute approximate surface area is 113 Å². The van der Waals surface area contributed by atoms with Crippen LogP contribution in [0.3, 0.4) is 0 Å². The van der Waals surface area contributed by atoms with Gasteiger partial charge in [0.2, 0.25) is 0 Å². The number of thioether (sulfide) groups is 1. The van der Waals surface area contributed by atoms with E-state index >= 15 is 0 Å². The highest BCUT2D eigenvalue weighted by Crippen LogP contribution is 2.22. The predicted octanol–water partition coefficient (Wildman–Crippen LogP) is 3.08. The van der Waals surface area contributed by atoms with Gasteiger partial charge in [-0.15, -0.1) is 0 Å². The van der Waals surface area contributed by atoms with Crippen molar-refractivity contribution in [3.05, 3.63) is 0 Å². The molecule has 2 unspecified atom stereocenters.